The molecule has 1 fully saturated rings. The van der Waals surface area contributed by atoms with Crippen LogP contribution in [0.15, 0.2) is 29.0 Å². The van der Waals surface area contributed by atoms with Gasteiger partial charge in [0, 0.05) is 11.5 Å². The van der Waals surface area contributed by atoms with E-state index in [-0.39, 0.29) is 23.3 Å². The number of aliphatic hydroxyl groups excluding tert-OH is 2. The standard InChI is InChI=1S/C21H21IN2O7/c1-24(2)14-9-6-8-5-7-3-4-10(22)15(25)11(7)16(26)12(8)18(28)21(9,31)19(29)13(17(14)27)20(23)30/h3-4,8-9,14,25-26,29,31H,5-6H2,1-2H3,(H2,23,30)/t8-,9-,14-,21-/m0/s1. The maximum absolute atomic E-state index is 13.6. The molecule has 3 aliphatic carbocycles. The summed E-state index contributed by atoms with van der Waals surface area (Å²) in [5.74, 6) is -6.40. The van der Waals surface area contributed by atoms with E-state index in [4.69, 9.17) is 5.73 Å². The van der Waals surface area contributed by atoms with Crippen LogP contribution in [0.4, 0.5) is 0 Å². The number of Topliss-reactive ketones (excluding diaryl/α,β-unsaturated/α-hetero) is 2. The van der Waals surface area contributed by atoms with Crippen molar-refractivity contribution in [2.45, 2.75) is 24.5 Å². The van der Waals surface area contributed by atoms with Gasteiger partial charge in [0.25, 0.3) is 5.91 Å². The lowest BCUT2D eigenvalue weighted by Gasteiger charge is -2.50. The summed E-state index contributed by atoms with van der Waals surface area (Å²) in [7, 11) is 3.13. The van der Waals surface area contributed by atoms with E-state index in [9.17, 15) is 34.8 Å². The predicted molar refractivity (Wildman–Crippen MR) is 117 cm³/mol. The van der Waals surface area contributed by atoms with Gasteiger partial charge in [-0.3, -0.25) is 19.3 Å². The lowest BCUT2D eigenvalue weighted by atomic mass is 9.57. The maximum atomic E-state index is 13.6. The van der Waals surface area contributed by atoms with E-state index >= 15 is 0 Å². The third kappa shape index (κ3) is 2.77. The molecule has 6 N–H and O–H groups in total. The highest BCUT2D eigenvalue weighted by Crippen LogP contribution is 2.52. The van der Waals surface area contributed by atoms with E-state index in [1.807, 2.05) is 22.6 Å². The number of primary amides is 1. The van der Waals surface area contributed by atoms with Crippen molar-refractivity contribution >= 4 is 45.8 Å². The van der Waals surface area contributed by atoms with Gasteiger partial charge >= 0.3 is 0 Å². The quantitative estimate of drug-likeness (QED) is 0.269. The minimum atomic E-state index is -2.61. The van der Waals surface area contributed by atoms with E-state index in [0.29, 0.717) is 15.6 Å². The van der Waals surface area contributed by atoms with Crippen LogP contribution < -0.4 is 5.73 Å². The zero-order chi connectivity index (χ0) is 23.0. The summed E-state index contributed by atoms with van der Waals surface area (Å²) in [6.07, 6.45) is 0.373. The van der Waals surface area contributed by atoms with E-state index in [2.05, 4.69) is 0 Å². The Morgan fingerprint density at radius 2 is 1.87 bits per heavy atom. The number of carbonyl (C=O) groups is 3. The van der Waals surface area contributed by atoms with Crippen molar-refractivity contribution in [3.63, 3.8) is 0 Å². The molecule has 4 rings (SSSR count). The molecule has 0 bridgehead atoms. The number of aliphatic hydroxyl groups is 3. The molecule has 1 aromatic carbocycles. The van der Waals surface area contributed by atoms with Crippen LogP contribution in [-0.4, -0.2) is 68.5 Å². The molecule has 1 aromatic rings. The molecule has 1 saturated carbocycles. The first-order chi connectivity index (χ1) is 14.4. The average Bonchev–Trinajstić information content (AvgIpc) is 2.67. The number of aromatic hydroxyl groups is 1. The molecular formula is C21H21IN2O7. The number of fused-ring (bicyclic) bond motifs is 3. The molecule has 0 aliphatic heterocycles. The second-order valence-electron chi connectivity index (χ2n) is 8.39. The van der Waals surface area contributed by atoms with Crippen LogP contribution in [0.5, 0.6) is 5.75 Å². The number of nitrogens with two attached hydrogens (primary N) is 1. The summed E-state index contributed by atoms with van der Waals surface area (Å²) in [5.41, 5.74) is 2.43. The summed E-state index contributed by atoms with van der Waals surface area (Å²) >= 11 is 1.89. The summed E-state index contributed by atoms with van der Waals surface area (Å²) in [6, 6.07) is 2.35. The Labute approximate surface area is 191 Å². The van der Waals surface area contributed by atoms with Crippen molar-refractivity contribution in [2.75, 3.05) is 14.1 Å². The molecule has 0 saturated heterocycles. The van der Waals surface area contributed by atoms with Gasteiger partial charge in [-0.15, -0.1) is 0 Å². The molecule has 0 unspecified atom stereocenters. The zero-order valence-corrected chi connectivity index (χ0v) is 18.9. The largest absolute Gasteiger partial charge is 0.508 e. The van der Waals surface area contributed by atoms with Crippen molar-refractivity contribution in [1.29, 1.82) is 0 Å². The Kier molecular flexibility index (Phi) is 4.94. The fourth-order valence-corrected chi connectivity index (χ4v) is 5.64. The minimum Gasteiger partial charge on any atom is -0.508 e. The van der Waals surface area contributed by atoms with Crippen LogP contribution >= 0.6 is 22.6 Å². The van der Waals surface area contributed by atoms with Crippen molar-refractivity contribution in [3.05, 3.63) is 43.7 Å². The second kappa shape index (κ2) is 7.04. The summed E-state index contributed by atoms with van der Waals surface area (Å²) < 4.78 is 0.469. The van der Waals surface area contributed by atoms with Crippen LogP contribution in [0.3, 0.4) is 0 Å². The van der Waals surface area contributed by atoms with E-state index in [1.54, 1.807) is 26.2 Å². The predicted octanol–water partition coefficient (Wildman–Crippen LogP) is 0.569. The SMILES string of the molecule is CN(C)[C@@H]1C(=O)C(C(N)=O)=C(O)[C@@]2(O)C(=O)C3=C(O)c4c(ccc(I)c4O)C[C@H]3C[C@@H]12. The molecule has 164 valence electrons. The number of likely N-dealkylation sites (N-methyl/N-ethyl adjacent to an activating group) is 1. The molecule has 9 nitrogen and oxygen atoms in total. The fourth-order valence-electron chi connectivity index (χ4n) is 5.19. The Hall–Kier alpha value is -2.44. The number of hydrogen-bond acceptors (Lipinski definition) is 8. The topological polar surface area (TPSA) is 161 Å². The van der Waals surface area contributed by atoms with Crippen LogP contribution in [0.1, 0.15) is 17.5 Å². The number of benzene rings is 1. The minimum absolute atomic E-state index is 0.0819. The number of phenolic OH excluding ortho intramolecular Hbond substituents is 1. The molecule has 0 radical (unpaired) electrons. The van der Waals surface area contributed by atoms with E-state index in [1.165, 1.54) is 4.90 Å². The summed E-state index contributed by atoms with van der Waals surface area (Å²) in [6.45, 7) is 0. The number of phenols is 1. The van der Waals surface area contributed by atoms with Gasteiger partial charge in [-0.05, 0) is 67.1 Å². The zero-order valence-electron chi connectivity index (χ0n) is 16.7. The lowest BCUT2D eigenvalue weighted by Crippen LogP contribution is -2.65. The van der Waals surface area contributed by atoms with Gasteiger partial charge in [-0.1, -0.05) is 6.07 Å². The highest BCUT2D eigenvalue weighted by Gasteiger charge is 2.64. The molecule has 0 aromatic heterocycles. The van der Waals surface area contributed by atoms with E-state index < -0.39 is 58.0 Å². The van der Waals surface area contributed by atoms with Gasteiger partial charge < -0.3 is 26.2 Å². The molecule has 4 atom stereocenters. The van der Waals surface area contributed by atoms with Crippen molar-refractivity contribution in [3.8, 4) is 5.75 Å². The van der Waals surface area contributed by atoms with Gasteiger partial charge in [0.1, 0.15) is 22.8 Å². The third-order valence-electron chi connectivity index (χ3n) is 6.54. The van der Waals surface area contributed by atoms with Gasteiger partial charge in [-0.25, -0.2) is 0 Å². The third-order valence-corrected chi connectivity index (χ3v) is 7.41. The van der Waals surface area contributed by atoms with Crippen LogP contribution in [0.2, 0.25) is 0 Å². The molecule has 10 heteroatoms. The first kappa shape index (κ1) is 21.8. The summed E-state index contributed by atoms with van der Waals surface area (Å²) in [5, 5.41) is 43.6. The number of ketones is 2. The second-order valence-corrected chi connectivity index (χ2v) is 9.55. The molecule has 31 heavy (non-hydrogen) atoms. The number of carbonyl (C=O) groups excluding carboxylic acids is 3. The van der Waals surface area contributed by atoms with Crippen LogP contribution in [0, 0.1) is 15.4 Å². The molecule has 0 spiro atoms. The van der Waals surface area contributed by atoms with Gasteiger partial charge in [0.05, 0.1) is 15.2 Å². The Bertz CT molecular complexity index is 1120. The van der Waals surface area contributed by atoms with Crippen molar-refractivity contribution in [2.24, 2.45) is 17.6 Å². The number of halogens is 1. The smallest absolute Gasteiger partial charge is 0.255 e. The number of amides is 1. The lowest BCUT2D eigenvalue weighted by molar-refractivity contribution is -0.153. The Morgan fingerprint density at radius 1 is 1.23 bits per heavy atom. The Balaban J connectivity index is 1.98. The van der Waals surface area contributed by atoms with E-state index in [0.717, 1.165) is 0 Å². The molecule has 0 heterocycles. The van der Waals surface area contributed by atoms with Crippen LogP contribution in [0.25, 0.3) is 5.76 Å². The normalized spacial score (nSPS) is 30.3. The van der Waals surface area contributed by atoms with Crippen molar-refractivity contribution in [1.82, 2.24) is 4.90 Å². The van der Waals surface area contributed by atoms with Gasteiger partial charge in [0.15, 0.2) is 11.4 Å². The highest BCUT2D eigenvalue weighted by molar-refractivity contribution is 14.1. The number of hydrogen-bond donors (Lipinski definition) is 5. The highest BCUT2D eigenvalue weighted by atomic mass is 127. The summed E-state index contributed by atoms with van der Waals surface area (Å²) in [4.78, 5) is 39.9. The first-order valence-corrected chi connectivity index (χ1v) is 10.7. The van der Waals surface area contributed by atoms with Crippen molar-refractivity contribution < 1.29 is 34.8 Å². The fraction of sp³-hybridized carbons (Fsp3) is 0.381. The molecular weight excluding hydrogens is 519 g/mol. The van der Waals surface area contributed by atoms with Gasteiger partial charge in [-0.2, -0.15) is 0 Å². The van der Waals surface area contributed by atoms with Crippen LogP contribution in [-0.2, 0) is 20.8 Å². The monoisotopic (exact) mass is 540 g/mol. The number of nitrogens with zero attached hydrogens (tertiary/aromatic N) is 1. The average molecular weight is 540 g/mol. The molecule has 1 amide bonds. The van der Waals surface area contributed by atoms with Gasteiger partial charge in [0.2, 0.25) is 5.78 Å². The molecule has 3 aliphatic rings. The maximum Gasteiger partial charge on any atom is 0.255 e. The Morgan fingerprint density at radius 3 is 2.45 bits per heavy atom. The first-order valence-electron chi connectivity index (χ1n) is 9.58. The number of rotatable bonds is 2.